The van der Waals surface area contributed by atoms with Crippen molar-refractivity contribution in [1.29, 1.82) is 0 Å². The first-order valence-corrected chi connectivity index (χ1v) is 2.49. The van der Waals surface area contributed by atoms with E-state index in [0.29, 0.717) is 0 Å². The van der Waals surface area contributed by atoms with Gasteiger partial charge in [0.05, 0.1) is 5.97 Å². The van der Waals surface area contributed by atoms with E-state index in [1.807, 2.05) is 0 Å². The zero-order valence-corrected chi connectivity index (χ0v) is 5.97. The molecule has 0 aromatic rings. The number of hydrogen-bond donors (Lipinski definition) is 0. The van der Waals surface area contributed by atoms with Gasteiger partial charge in [-0.15, -0.1) is 0 Å². The van der Waals surface area contributed by atoms with E-state index in [0.717, 1.165) is 0 Å². The summed E-state index contributed by atoms with van der Waals surface area (Å²) >= 11 is 4.08. The maximum atomic E-state index is 9.49. The standard InChI is InChI=1S/C4H6O2.CHClO2/c1-3(2)4(5)6;2-1(3)4/h1H2,2H3,(H,5,6);(H,3,4)/p-2. The second-order valence-corrected chi connectivity index (χ2v) is 1.61. The van der Waals surface area contributed by atoms with E-state index in [-0.39, 0.29) is 5.57 Å². The molecule has 0 aromatic heterocycles. The van der Waals surface area contributed by atoms with Gasteiger partial charge in [0.25, 0.3) is 0 Å². The average Bonchev–Trinajstić information content (AvgIpc) is 1.63. The van der Waals surface area contributed by atoms with Crippen LogP contribution in [0.15, 0.2) is 12.2 Å². The lowest BCUT2D eigenvalue weighted by Gasteiger charge is -1.93. The minimum absolute atomic E-state index is 0.0648. The molecule has 0 rings (SSSR count). The molecule has 5 heteroatoms. The molecule has 0 aromatic carbocycles. The molecule has 58 valence electrons. The van der Waals surface area contributed by atoms with Crippen LogP contribution in [0.4, 0.5) is 4.79 Å². The Hall–Kier alpha value is -1.03. The van der Waals surface area contributed by atoms with E-state index in [2.05, 4.69) is 18.2 Å². The Morgan fingerprint density at radius 2 is 1.50 bits per heavy atom. The molecule has 0 fully saturated rings. The summed E-state index contributed by atoms with van der Waals surface area (Å²) in [6.45, 7) is 4.48. The minimum atomic E-state index is -1.61. The van der Waals surface area contributed by atoms with Gasteiger partial charge in [-0.3, -0.25) is 0 Å². The zero-order valence-electron chi connectivity index (χ0n) is 5.22. The van der Waals surface area contributed by atoms with Gasteiger partial charge in [0.1, 0.15) is 5.43 Å². The number of halogens is 1. The lowest BCUT2D eigenvalue weighted by Crippen LogP contribution is -2.22. The van der Waals surface area contributed by atoms with Gasteiger partial charge < -0.3 is 19.8 Å². The first-order valence-electron chi connectivity index (χ1n) is 2.11. The van der Waals surface area contributed by atoms with Crippen molar-refractivity contribution in [3.63, 3.8) is 0 Å². The molecule has 0 aliphatic carbocycles. The quantitative estimate of drug-likeness (QED) is 0.363. The van der Waals surface area contributed by atoms with Crippen molar-refractivity contribution in [3.8, 4) is 0 Å². The molecule has 0 spiro atoms. The Morgan fingerprint density at radius 3 is 1.50 bits per heavy atom. The van der Waals surface area contributed by atoms with Gasteiger partial charge in [0.15, 0.2) is 0 Å². The molecule has 0 N–H and O–H groups in total. The van der Waals surface area contributed by atoms with Crippen molar-refractivity contribution in [2.75, 3.05) is 0 Å². The fourth-order valence-corrected chi connectivity index (χ4v) is 0. The lowest BCUT2D eigenvalue weighted by molar-refractivity contribution is -0.299. The highest BCUT2D eigenvalue weighted by molar-refractivity contribution is 6.59. The summed E-state index contributed by atoms with van der Waals surface area (Å²) in [7, 11) is 0. The molecule has 0 unspecified atom stereocenters. The molecule has 0 amide bonds. The summed E-state index contributed by atoms with van der Waals surface area (Å²) in [5.41, 5.74) is -1.55. The molecular weight excluding hydrogens is 160 g/mol. The largest absolute Gasteiger partial charge is 0.545 e. The Kier molecular flexibility index (Phi) is 7.15. The van der Waals surface area contributed by atoms with Gasteiger partial charge in [-0.25, -0.2) is 0 Å². The number of aliphatic carboxylic acids is 1. The van der Waals surface area contributed by atoms with Crippen LogP contribution in [-0.4, -0.2) is 11.4 Å². The van der Waals surface area contributed by atoms with E-state index >= 15 is 0 Å². The van der Waals surface area contributed by atoms with E-state index in [9.17, 15) is 9.90 Å². The molecule has 0 aliphatic heterocycles. The third kappa shape index (κ3) is 28.2. The van der Waals surface area contributed by atoms with Crippen LogP contribution in [0, 0.1) is 0 Å². The van der Waals surface area contributed by atoms with Crippen LogP contribution >= 0.6 is 11.6 Å². The molecular formula is C5H5ClO4-2. The molecule has 0 heterocycles. The van der Waals surface area contributed by atoms with Crippen LogP contribution in [0.25, 0.3) is 0 Å². The summed E-state index contributed by atoms with van der Waals surface area (Å²) < 4.78 is 0. The highest BCUT2D eigenvalue weighted by atomic mass is 35.5. The minimum Gasteiger partial charge on any atom is -0.545 e. The van der Waals surface area contributed by atoms with Crippen LogP contribution in [-0.2, 0) is 4.79 Å². The molecule has 0 bridgehead atoms. The number of carbonyl (C=O) groups is 2. The summed E-state index contributed by atoms with van der Waals surface area (Å²) in [4.78, 5) is 18.1. The first kappa shape index (κ1) is 11.7. The van der Waals surface area contributed by atoms with E-state index in [1.165, 1.54) is 6.92 Å². The van der Waals surface area contributed by atoms with Crippen LogP contribution < -0.4 is 10.2 Å². The highest BCUT2D eigenvalue weighted by Crippen LogP contribution is 1.77. The van der Waals surface area contributed by atoms with E-state index < -0.39 is 11.4 Å². The first-order chi connectivity index (χ1) is 4.37. The van der Waals surface area contributed by atoms with Gasteiger partial charge in [-0.05, 0) is 12.5 Å². The zero-order chi connectivity index (χ0) is 8.73. The van der Waals surface area contributed by atoms with Gasteiger partial charge in [0.2, 0.25) is 0 Å². The highest BCUT2D eigenvalue weighted by Gasteiger charge is 1.76. The number of rotatable bonds is 1. The number of carboxylic acid groups (broad SMARTS) is 2. The third-order valence-electron chi connectivity index (χ3n) is 0.348. The van der Waals surface area contributed by atoms with Crippen molar-refractivity contribution in [3.05, 3.63) is 12.2 Å². The molecule has 10 heavy (non-hydrogen) atoms. The Bertz CT molecular complexity index is 136. The number of hydrogen-bond acceptors (Lipinski definition) is 4. The van der Waals surface area contributed by atoms with Crippen LogP contribution in [0.5, 0.6) is 0 Å². The smallest absolute Gasteiger partial charge is 0.134 e. The summed E-state index contributed by atoms with van der Waals surface area (Å²) in [5.74, 6) is -1.19. The molecule has 0 saturated heterocycles. The topological polar surface area (TPSA) is 80.3 Å². The summed E-state index contributed by atoms with van der Waals surface area (Å²) in [6, 6.07) is 0. The molecule has 0 aliphatic rings. The molecule has 0 radical (unpaired) electrons. The predicted octanol–water partition coefficient (Wildman–Crippen LogP) is -1.12. The van der Waals surface area contributed by atoms with Gasteiger partial charge in [-0.1, -0.05) is 18.2 Å². The maximum Gasteiger partial charge on any atom is 0.134 e. The summed E-state index contributed by atoms with van der Waals surface area (Å²) in [5, 5.41) is 18.1. The normalized spacial score (nSPS) is 7.00. The van der Waals surface area contributed by atoms with E-state index in [1.54, 1.807) is 0 Å². The Labute approximate surface area is 62.7 Å². The fourth-order valence-electron chi connectivity index (χ4n) is 0. The monoisotopic (exact) mass is 164 g/mol. The number of carboxylic acids is 1. The second kappa shape index (κ2) is 6.10. The van der Waals surface area contributed by atoms with Crippen LogP contribution in [0.2, 0.25) is 0 Å². The van der Waals surface area contributed by atoms with Gasteiger partial charge in [0, 0.05) is 0 Å². The van der Waals surface area contributed by atoms with Crippen molar-refractivity contribution in [2.24, 2.45) is 0 Å². The van der Waals surface area contributed by atoms with Crippen molar-refractivity contribution in [1.82, 2.24) is 0 Å². The summed E-state index contributed by atoms with van der Waals surface area (Å²) in [6.07, 6.45) is 0. The van der Waals surface area contributed by atoms with E-state index in [4.69, 9.17) is 9.90 Å². The van der Waals surface area contributed by atoms with Crippen molar-refractivity contribution in [2.45, 2.75) is 6.92 Å². The third-order valence-corrected chi connectivity index (χ3v) is 0.348. The molecule has 0 atom stereocenters. The number of carbonyl (C=O) groups excluding carboxylic acids is 2. The molecule has 4 nitrogen and oxygen atoms in total. The average molecular weight is 165 g/mol. The van der Waals surface area contributed by atoms with Gasteiger partial charge >= 0.3 is 0 Å². The Morgan fingerprint density at radius 1 is 1.40 bits per heavy atom. The SMILES string of the molecule is C=C(C)C(=O)[O-].O=C([O-])Cl. The van der Waals surface area contributed by atoms with Crippen molar-refractivity contribution < 1.29 is 19.8 Å². The van der Waals surface area contributed by atoms with Crippen LogP contribution in [0.3, 0.4) is 0 Å². The predicted molar refractivity (Wildman–Crippen MR) is 31.1 cm³/mol. The fraction of sp³-hybridized carbons (Fsp3) is 0.200. The van der Waals surface area contributed by atoms with Gasteiger partial charge in [-0.2, -0.15) is 0 Å². The molecule has 0 saturated carbocycles. The maximum absolute atomic E-state index is 9.49. The van der Waals surface area contributed by atoms with Crippen molar-refractivity contribution >= 4 is 23.0 Å². The second-order valence-electron chi connectivity index (χ2n) is 1.31. The van der Waals surface area contributed by atoms with Crippen LogP contribution in [0.1, 0.15) is 6.92 Å². The Balaban J connectivity index is 0. The lowest BCUT2D eigenvalue weighted by atomic mass is 10.4.